The van der Waals surface area contributed by atoms with Crippen molar-refractivity contribution >= 4 is 17.8 Å². The molecule has 0 aliphatic carbocycles. The number of allylic oxidation sites excluding steroid dienone is 1. The summed E-state index contributed by atoms with van der Waals surface area (Å²) >= 11 is 0. The Morgan fingerprint density at radius 3 is 2.68 bits per heavy atom. The van der Waals surface area contributed by atoms with E-state index in [-0.39, 0.29) is 31.1 Å². The maximum atomic E-state index is 14.6. The summed E-state index contributed by atoms with van der Waals surface area (Å²) in [7, 11) is 0. The average Bonchev–Trinajstić information content (AvgIpc) is 3.09. The van der Waals surface area contributed by atoms with Crippen LogP contribution in [0.25, 0.3) is 0 Å². The van der Waals surface area contributed by atoms with Crippen LogP contribution in [0, 0.1) is 11.7 Å². The number of fused-ring (bicyclic) bond motifs is 1. The van der Waals surface area contributed by atoms with Crippen LogP contribution in [0.3, 0.4) is 0 Å². The summed E-state index contributed by atoms with van der Waals surface area (Å²) in [5.74, 6) is -3.76. The summed E-state index contributed by atoms with van der Waals surface area (Å²) < 4.78 is 68.0. The van der Waals surface area contributed by atoms with Crippen molar-refractivity contribution in [2.24, 2.45) is 21.0 Å². The minimum absolute atomic E-state index is 0.0395. The van der Waals surface area contributed by atoms with Crippen LogP contribution < -0.4 is 5.43 Å². The fourth-order valence-electron chi connectivity index (χ4n) is 4.05. The number of benzene rings is 1. The molecule has 5 nitrogen and oxygen atoms in total. The lowest BCUT2D eigenvalue weighted by molar-refractivity contribution is 0.0156. The van der Waals surface area contributed by atoms with Gasteiger partial charge in [-0.25, -0.2) is 22.0 Å². The third-order valence-electron chi connectivity index (χ3n) is 5.76. The Morgan fingerprint density at radius 2 is 2.00 bits per heavy atom. The zero-order chi connectivity index (χ0) is 22.3. The molecular formula is C21H22F5N5. The summed E-state index contributed by atoms with van der Waals surface area (Å²) in [4.78, 5) is 10.6. The average molecular weight is 439 g/mol. The highest BCUT2D eigenvalue weighted by Crippen LogP contribution is 2.33. The first-order valence-electron chi connectivity index (χ1n) is 9.98. The number of nitrogens with zero attached hydrogens (tertiary/aromatic N) is 4. The molecule has 3 atom stereocenters. The van der Waals surface area contributed by atoms with Crippen LogP contribution in [-0.4, -0.2) is 47.7 Å². The zero-order valence-corrected chi connectivity index (χ0v) is 17.0. The normalized spacial score (nSPS) is 27.1. The maximum absolute atomic E-state index is 14.6. The molecule has 0 radical (unpaired) electrons. The second-order valence-corrected chi connectivity index (χ2v) is 7.97. The number of amidine groups is 1. The van der Waals surface area contributed by atoms with Crippen LogP contribution in [0.2, 0.25) is 0 Å². The molecule has 1 N–H and O–H groups in total. The number of dihydropyridines is 1. The highest BCUT2D eigenvalue weighted by atomic mass is 19.3. The van der Waals surface area contributed by atoms with Gasteiger partial charge in [0.15, 0.2) is 0 Å². The molecule has 0 aromatic heterocycles. The summed E-state index contributed by atoms with van der Waals surface area (Å²) in [6, 6.07) is 2.69. The molecule has 1 fully saturated rings. The summed E-state index contributed by atoms with van der Waals surface area (Å²) in [5, 5.41) is 4.20. The molecule has 0 amide bonds. The van der Waals surface area contributed by atoms with E-state index in [0.717, 1.165) is 6.07 Å². The van der Waals surface area contributed by atoms with Gasteiger partial charge in [-0.15, -0.1) is 0 Å². The molecule has 10 heteroatoms. The third-order valence-corrected chi connectivity index (χ3v) is 5.76. The number of hydrogen-bond donors (Lipinski definition) is 1. The number of rotatable bonds is 4. The number of aliphatic imine (C=N–C) groups is 2. The predicted molar refractivity (Wildman–Crippen MR) is 108 cm³/mol. The second kappa shape index (κ2) is 8.05. The molecule has 0 spiro atoms. The van der Waals surface area contributed by atoms with Gasteiger partial charge in [0, 0.05) is 24.7 Å². The first kappa shape index (κ1) is 21.5. The Labute approximate surface area is 176 Å². The quantitative estimate of drug-likeness (QED) is 0.703. The van der Waals surface area contributed by atoms with Gasteiger partial charge in [-0.05, 0) is 19.9 Å². The van der Waals surface area contributed by atoms with Crippen LogP contribution in [0.1, 0.15) is 43.9 Å². The molecule has 1 saturated heterocycles. The van der Waals surface area contributed by atoms with Gasteiger partial charge in [0.25, 0.3) is 12.3 Å². The molecule has 4 rings (SSSR count). The predicted octanol–water partition coefficient (Wildman–Crippen LogP) is 4.50. The van der Waals surface area contributed by atoms with E-state index in [1.807, 2.05) is 6.08 Å². The van der Waals surface area contributed by atoms with Gasteiger partial charge in [-0.2, -0.15) is 5.10 Å². The first-order valence-corrected chi connectivity index (χ1v) is 9.98. The van der Waals surface area contributed by atoms with Crippen LogP contribution in [-0.2, 0) is 0 Å². The van der Waals surface area contributed by atoms with Crippen LogP contribution in [0.5, 0.6) is 0 Å². The molecule has 0 saturated carbocycles. The Balaban J connectivity index is 1.64. The molecule has 1 aromatic carbocycles. The first-order chi connectivity index (χ1) is 14.7. The Kier molecular flexibility index (Phi) is 5.57. The molecule has 3 aliphatic heterocycles. The highest BCUT2D eigenvalue weighted by molar-refractivity contribution is 6.03. The lowest BCUT2D eigenvalue weighted by Crippen LogP contribution is -2.45. The molecule has 166 valence electrons. The van der Waals surface area contributed by atoms with Crippen LogP contribution in [0.15, 0.2) is 45.1 Å². The van der Waals surface area contributed by atoms with Gasteiger partial charge < -0.3 is 4.90 Å². The maximum Gasteiger partial charge on any atom is 0.266 e. The Bertz CT molecular complexity index is 984. The van der Waals surface area contributed by atoms with Gasteiger partial charge >= 0.3 is 0 Å². The van der Waals surface area contributed by atoms with Crippen molar-refractivity contribution < 1.29 is 22.0 Å². The van der Waals surface area contributed by atoms with Crippen LogP contribution >= 0.6 is 0 Å². The minimum Gasteiger partial charge on any atom is -0.364 e. The van der Waals surface area contributed by atoms with Crippen molar-refractivity contribution in [3.63, 3.8) is 0 Å². The molecule has 31 heavy (non-hydrogen) atoms. The fourth-order valence-corrected chi connectivity index (χ4v) is 4.05. The van der Waals surface area contributed by atoms with Crippen molar-refractivity contribution in [1.29, 1.82) is 0 Å². The summed E-state index contributed by atoms with van der Waals surface area (Å²) in [6.07, 6.45) is 0.227. The monoisotopic (exact) mass is 439 g/mol. The number of hydrazone groups is 1. The second-order valence-electron chi connectivity index (χ2n) is 7.97. The van der Waals surface area contributed by atoms with E-state index in [1.165, 1.54) is 12.1 Å². The standard InChI is InChI=1S/C21H22F5N5/c1-11(14-4-3-5-15(17(14)22)19(23)24)28-20-16-8-13(31-7-6-21(25,26)10-31)9-27-18(16)12(2)29-30-20/h3-5,8-9,11,16,18-19H,6-7,10H2,1-2H3,(H,28,30)/t11-,16?,18?/m1/s1. The van der Waals surface area contributed by atoms with E-state index in [9.17, 15) is 22.0 Å². The lowest BCUT2D eigenvalue weighted by Gasteiger charge is -2.33. The number of alkyl halides is 4. The summed E-state index contributed by atoms with van der Waals surface area (Å²) in [5.41, 5.74) is 3.47. The number of hydrogen-bond acceptors (Lipinski definition) is 4. The molecule has 0 bridgehead atoms. The van der Waals surface area contributed by atoms with E-state index in [0.29, 0.717) is 17.2 Å². The van der Waals surface area contributed by atoms with E-state index < -0.39 is 35.7 Å². The lowest BCUT2D eigenvalue weighted by atomic mass is 9.90. The van der Waals surface area contributed by atoms with Gasteiger partial charge in [0.2, 0.25) is 0 Å². The van der Waals surface area contributed by atoms with E-state index in [1.54, 1.807) is 25.0 Å². The molecule has 2 unspecified atom stereocenters. The topological polar surface area (TPSA) is 52.4 Å². The highest BCUT2D eigenvalue weighted by Gasteiger charge is 2.41. The van der Waals surface area contributed by atoms with Gasteiger partial charge in [-0.1, -0.05) is 18.2 Å². The van der Waals surface area contributed by atoms with E-state index in [4.69, 9.17) is 0 Å². The van der Waals surface area contributed by atoms with Crippen molar-refractivity contribution in [1.82, 2.24) is 10.3 Å². The summed E-state index contributed by atoms with van der Waals surface area (Å²) in [6.45, 7) is 3.23. The van der Waals surface area contributed by atoms with Crippen molar-refractivity contribution in [3.05, 3.63) is 46.9 Å². The van der Waals surface area contributed by atoms with Crippen molar-refractivity contribution in [2.45, 2.75) is 44.7 Å². The largest absolute Gasteiger partial charge is 0.364 e. The molecular weight excluding hydrogens is 417 g/mol. The number of halogens is 5. The number of nitrogens with one attached hydrogen (secondary N) is 1. The Hall–Kier alpha value is -2.78. The molecule has 3 heterocycles. The van der Waals surface area contributed by atoms with E-state index >= 15 is 0 Å². The number of likely N-dealkylation sites (tertiary alicyclic amines) is 1. The van der Waals surface area contributed by atoms with Crippen LogP contribution in [0.4, 0.5) is 22.0 Å². The zero-order valence-electron chi connectivity index (χ0n) is 17.0. The SMILES string of the molecule is CC1=NNC(=N[C@H](C)c2cccc(C(F)F)c2F)C2C=C(N3CCC(F)(F)C3)C=NC12. The molecule has 1 aromatic rings. The van der Waals surface area contributed by atoms with E-state index in [2.05, 4.69) is 20.5 Å². The van der Waals surface area contributed by atoms with Gasteiger partial charge in [0.05, 0.1) is 35.5 Å². The van der Waals surface area contributed by atoms with Crippen molar-refractivity contribution in [2.75, 3.05) is 13.1 Å². The minimum atomic E-state index is -2.93. The third kappa shape index (κ3) is 4.20. The molecule has 3 aliphatic rings. The van der Waals surface area contributed by atoms with Gasteiger partial charge in [0.1, 0.15) is 17.7 Å². The smallest absolute Gasteiger partial charge is 0.266 e. The Morgan fingerprint density at radius 1 is 1.26 bits per heavy atom. The van der Waals surface area contributed by atoms with Crippen molar-refractivity contribution in [3.8, 4) is 0 Å². The van der Waals surface area contributed by atoms with Gasteiger partial charge in [-0.3, -0.25) is 15.4 Å². The fraction of sp³-hybridized carbons (Fsp3) is 0.476.